The van der Waals surface area contributed by atoms with Crippen molar-refractivity contribution in [2.45, 2.75) is 0 Å². The monoisotopic (exact) mass is 165 g/mol. The fraction of sp³-hybridized carbons (Fsp3) is 1.00. The Bertz CT molecular complexity index is 162. The lowest BCUT2D eigenvalue weighted by Crippen LogP contribution is -2.05. The average Bonchev–Trinajstić information content (AvgIpc) is 1.78. The van der Waals surface area contributed by atoms with Gasteiger partial charge in [-0.15, -0.1) is 0 Å². The van der Waals surface area contributed by atoms with Crippen molar-refractivity contribution >= 4 is 14.9 Å². The third kappa shape index (κ3) is 2.20. The summed E-state index contributed by atoms with van der Waals surface area (Å²) in [4.78, 5) is 0. The first-order chi connectivity index (χ1) is 4.10. The van der Waals surface area contributed by atoms with Gasteiger partial charge in [0.05, 0.1) is 7.14 Å². The van der Waals surface area contributed by atoms with E-state index in [9.17, 15) is 9.13 Å². The van der Waals surface area contributed by atoms with Crippen molar-refractivity contribution in [3.63, 3.8) is 0 Å². The molecule has 0 amide bonds. The Morgan fingerprint density at radius 1 is 1.33 bits per heavy atom. The highest BCUT2D eigenvalue weighted by atomic mass is 31.2. The van der Waals surface area contributed by atoms with Gasteiger partial charge in [-0.3, -0.25) is 0 Å². The highest BCUT2D eigenvalue weighted by Crippen LogP contribution is 2.48. The molecule has 9 heavy (non-hydrogen) atoms. The van der Waals surface area contributed by atoms with Crippen LogP contribution in [0.5, 0.6) is 0 Å². The molecule has 0 radical (unpaired) electrons. The Balaban J connectivity index is 2.54. The van der Waals surface area contributed by atoms with E-state index in [2.05, 4.69) is 0 Å². The summed E-state index contributed by atoms with van der Waals surface area (Å²) < 4.78 is 22.0. The molecule has 0 aliphatic carbocycles. The van der Waals surface area contributed by atoms with Gasteiger partial charge in [-0.05, 0) is 6.66 Å². The van der Waals surface area contributed by atoms with Crippen LogP contribution in [0, 0.1) is 0 Å². The lowest BCUT2D eigenvalue weighted by Gasteiger charge is -2.10. The summed E-state index contributed by atoms with van der Waals surface area (Å²) in [6.07, 6.45) is 2.82. The molecular formula is C5H11O2P2+. The van der Waals surface area contributed by atoms with Crippen molar-refractivity contribution < 1.29 is 9.13 Å². The molecule has 1 aliphatic rings. The van der Waals surface area contributed by atoms with Crippen molar-refractivity contribution in [3.8, 4) is 0 Å². The van der Waals surface area contributed by atoms with Gasteiger partial charge in [0.2, 0.25) is 0 Å². The summed E-state index contributed by atoms with van der Waals surface area (Å²) in [5.74, 6) is 0. The zero-order chi connectivity index (χ0) is 6.91. The molecule has 0 saturated carbocycles. The summed E-state index contributed by atoms with van der Waals surface area (Å²) in [6.45, 7) is 1.81. The molecule has 0 N–H and O–H groups in total. The summed E-state index contributed by atoms with van der Waals surface area (Å²) in [7, 11) is -2.78. The van der Waals surface area contributed by atoms with Crippen molar-refractivity contribution in [2.24, 2.45) is 0 Å². The van der Waals surface area contributed by atoms with E-state index in [0.29, 0.717) is 24.6 Å². The van der Waals surface area contributed by atoms with Crippen LogP contribution in [0.15, 0.2) is 0 Å². The summed E-state index contributed by atoms with van der Waals surface area (Å²) in [5, 5.41) is 0. The van der Waals surface area contributed by atoms with E-state index in [1.54, 1.807) is 0 Å². The molecule has 52 valence electrons. The van der Waals surface area contributed by atoms with E-state index in [-0.39, 0.29) is 0 Å². The molecule has 0 aromatic heterocycles. The van der Waals surface area contributed by atoms with Crippen molar-refractivity contribution in [1.82, 2.24) is 0 Å². The molecule has 1 fully saturated rings. The van der Waals surface area contributed by atoms with Gasteiger partial charge in [0.1, 0.15) is 0 Å². The molecular weight excluding hydrogens is 154 g/mol. The van der Waals surface area contributed by atoms with Crippen LogP contribution < -0.4 is 0 Å². The molecule has 0 spiro atoms. The SMILES string of the molecule is CP1(=O)CC[P+](=O)CC1. The Hall–Kier alpha value is 0.330. The zero-order valence-electron chi connectivity index (χ0n) is 5.54. The number of hydrogen-bond donors (Lipinski definition) is 0. The molecule has 0 aromatic carbocycles. The van der Waals surface area contributed by atoms with Crippen molar-refractivity contribution in [2.75, 3.05) is 31.3 Å². The van der Waals surface area contributed by atoms with Gasteiger partial charge < -0.3 is 4.57 Å². The maximum atomic E-state index is 11.3. The molecule has 0 unspecified atom stereocenters. The van der Waals surface area contributed by atoms with Crippen LogP contribution in [0.2, 0.25) is 0 Å². The van der Waals surface area contributed by atoms with Gasteiger partial charge in [0, 0.05) is 12.3 Å². The van der Waals surface area contributed by atoms with Crippen LogP contribution in [0.3, 0.4) is 0 Å². The highest BCUT2D eigenvalue weighted by molar-refractivity contribution is 7.66. The van der Waals surface area contributed by atoms with E-state index in [4.69, 9.17) is 0 Å². The van der Waals surface area contributed by atoms with Gasteiger partial charge >= 0.3 is 7.80 Å². The van der Waals surface area contributed by atoms with Gasteiger partial charge in [0.25, 0.3) is 0 Å². The van der Waals surface area contributed by atoms with Gasteiger partial charge in [0.15, 0.2) is 12.3 Å². The van der Waals surface area contributed by atoms with Gasteiger partial charge in [-0.2, -0.15) is 0 Å². The largest absolute Gasteiger partial charge is 0.339 e. The smallest absolute Gasteiger partial charge is 0.324 e. The van der Waals surface area contributed by atoms with Crippen LogP contribution in [0.4, 0.5) is 0 Å². The summed E-state index contributed by atoms with van der Waals surface area (Å²) >= 11 is 0. The summed E-state index contributed by atoms with van der Waals surface area (Å²) in [6, 6.07) is 0. The average molecular weight is 165 g/mol. The van der Waals surface area contributed by atoms with E-state index >= 15 is 0 Å². The molecule has 0 aromatic rings. The second-order valence-electron chi connectivity index (χ2n) is 2.67. The minimum atomic E-state index is -1.81. The van der Waals surface area contributed by atoms with Crippen LogP contribution >= 0.6 is 14.9 Å². The molecule has 1 saturated heterocycles. The zero-order valence-corrected chi connectivity index (χ0v) is 7.33. The molecule has 2 nitrogen and oxygen atoms in total. The normalized spacial score (nSPS) is 40.8. The topological polar surface area (TPSA) is 34.1 Å². The third-order valence-electron chi connectivity index (χ3n) is 1.64. The van der Waals surface area contributed by atoms with E-state index < -0.39 is 14.9 Å². The first kappa shape index (κ1) is 7.44. The first-order valence-electron chi connectivity index (χ1n) is 3.08. The Morgan fingerprint density at radius 2 is 1.78 bits per heavy atom. The van der Waals surface area contributed by atoms with Crippen LogP contribution in [-0.2, 0) is 9.13 Å². The highest BCUT2D eigenvalue weighted by Gasteiger charge is 2.31. The van der Waals surface area contributed by atoms with E-state index in [1.807, 2.05) is 6.66 Å². The molecule has 0 bridgehead atoms. The summed E-state index contributed by atoms with van der Waals surface area (Å²) in [5.41, 5.74) is 0. The lowest BCUT2D eigenvalue weighted by atomic mass is 10.9. The predicted octanol–water partition coefficient (Wildman–Crippen LogP) is 1.82. The van der Waals surface area contributed by atoms with Crippen LogP contribution in [0.1, 0.15) is 0 Å². The van der Waals surface area contributed by atoms with E-state index in [1.165, 1.54) is 0 Å². The first-order valence-corrected chi connectivity index (χ1v) is 7.23. The second kappa shape index (κ2) is 2.52. The number of hydrogen-bond acceptors (Lipinski definition) is 2. The number of rotatable bonds is 0. The third-order valence-corrected chi connectivity index (χ3v) is 6.13. The molecule has 1 rings (SSSR count). The maximum absolute atomic E-state index is 11.3. The Labute approximate surface area is 56.2 Å². The molecule has 0 atom stereocenters. The minimum absolute atomic E-state index is 0.698. The Kier molecular flexibility index (Phi) is 2.08. The molecule has 1 aliphatic heterocycles. The molecule has 4 heteroatoms. The van der Waals surface area contributed by atoms with Gasteiger partial charge in [-0.1, -0.05) is 4.57 Å². The van der Waals surface area contributed by atoms with Crippen LogP contribution in [-0.4, -0.2) is 31.3 Å². The van der Waals surface area contributed by atoms with Crippen molar-refractivity contribution in [3.05, 3.63) is 0 Å². The van der Waals surface area contributed by atoms with E-state index in [0.717, 1.165) is 0 Å². The van der Waals surface area contributed by atoms with Gasteiger partial charge in [-0.25, -0.2) is 0 Å². The fourth-order valence-corrected chi connectivity index (χ4v) is 6.49. The quantitative estimate of drug-likeness (QED) is 0.513. The Morgan fingerprint density at radius 3 is 2.11 bits per heavy atom. The standard InChI is InChI=1S/C5H11O2P2/c1-9(7)4-2-8(6)3-5-9/h2-5H2,1H3/q+1. The molecule has 1 heterocycles. The van der Waals surface area contributed by atoms with Crippen LogP contribution in [0.25, 0.3) is 0 Å². The fourth-order valence-electron chi connectivity index (χ4n) is 0.870. The lowest BCUT2D eigenvalue weighted by molar-refractivity contribution is 0.572. The second-order valence-corrected chi connectivity index (χ2v) is 8.02. The predicted molar refractivity (Wildman–Crippen MR) is 40.6 cm³/mol. The van der Waals surface area contributed by atoms with Crippen molar-refractivity contribution in [1.29, 1.82) is 0 Å². The minimum Gasteiger partial charge on any atom is -0.324 e. The maximum Gasteiger partial charge on any atom is 0.339 e.